The number of ether oxygens (including phenoxy) is 3. The summed E-state index contributed by atoms with van der Waals surface area (Å²) in [7, 11) is -9.78. The maximum Gasteiger partial charge on any atom is 0.524 e. The number of phosphoric acid groups is 2. The number of aliphatic imine (C=N–C) groups is 3. The molecule has 0 fully saturated rings. The van der Waals surface area contributed by atoms with Crippen LogP contribution in [0.4, 0.5) is 17.5 Å². The monoisotopic (exact) mass is 1720 g/mol. The van der Waals surface area contributed by atoms with E-state index in [0.29, 0.717) is 135 Å². The van der Waals surface area contributed by atoms with Crippen molar-refractivity contribution in [3.05, 3.63) is 160 Å². The highest BCUT2D eigenvalue weighted by Gasteiger charge is 2.27. The Kier molecular flexibility index (Phi) is 34.2. The minimum Gasteiger partial charge on any atom is -0.508 e. The molecule has 35 heteroatoms. The fraction of sp³-hybridized carbons (Fsp3) is 0.393. The maximum absolute atomic E-state index is 11.7. The zero-order chi connectivity index (χ0) is 85.0. The van der Waals surface area contributed by atoms with Crippen molar-refractivity contribution in [2.45, 2.75) is 156 Å². The summed E-state index contributed by atoms with van der Waals surface area (Å²) < 4.78 is 55.9. The number of nitrogens with zero attached hydrogens (tertiary/aromatic N) is 12. The molecule has 0 aliphatic carbocycles. The Morgan fingerprint density at radius 2 is 0.782 bits per heavy atom. The highest BCUT2D eigenvalue weighted by atomic mass is 32.1. The summed E-state index contributed by atoms with van der Waals surface area (Å²) in [6.45, 7) is 12.7. The number of aromatic nitrogens is 9. The first-order chi connectivity index (χ1) is 57.4. The predicted octanol–water partition coefficient (Wildman–Crippen LogP) is 15.8. The minimum atomic E-state index is -4.92. The molecule has 0 amide bonds. The fourth-order valence-corrected chi connectivity index (χ4v) is 15.0. The number of anilines is 3. The number of nitrogens with two attached hydrogens (primary N) is 3. The standard InChI is InChI=1S/2C28H34N5O6PS.C28H33N5O3S/c1-2-3-10-24-32-25-26(33(24)17-20-8-4-9-23(27(20)34)39-40(35,36)37)21-16-19(11-12-22(21)31-28(25)29)7-5-14-38-15-6-13-30-18-41;1-2-3-10-24-32-25-26(33(24)17-20-8-4-9-23(34)27(20)39-40(35,36)37)21-16-19(11-12-22(21)31-28(25)29)7-5-14-38-15-6-13-30-18-41;1-2-3-7-25-32-26-27(33(25)17-20-16-21(34)9-11-24(20)35)22-15-19(8-10-23(22)31-28(26)29)6-4-13-36-14-5-12-30-18-37/h2*4,8-9,11-12,16,34H,2-3,5-7,10,13-15,17H2,1H3,(H2,29,31)(H2,35,36,37);8-11,15-16,34-35H,2-7,12-14,17H2,1H3,(H2,29,31). The number of hydrogen-bond acceptors (Lipinski definition) is 26. The molecule has 14 N–H and O–H groups in total. The summed E-state index contributed by atoms with van der Waals surface area (Å²) in [6.07, 6.45) is 15.3. The SMILES string of the molecule is CCCCc1nc2c(N)nc3ccc(CCCOCCCN=C=S)cc3c2n1Cc1cc(O)ccc1O.CCCCc1nc2c(N)nc3ccc(CCCOCCCN=C=S)cc3c2n1Cc1cccc(O)c1OP(=O)(O)O.CCCCc1nc2c(N)nc3ccc(CCCOCCCN=C=S)cc3c2n1Cc1cccc(OP(=O)(O)O)c1O. The Balaban J connectivity index is 0.000000188. The number of benzene rings is 6. The molecule has 6 aromatic carbocycles. The van der Waals surface area contributed by atoms with E-state index in [2.05, 4.69) is 132 Å². The Morgan fingerprint density at radius 3 is 1.17 bits per heavy atom. The van der Waals surface area contributed by atoms with Crippen molar-refractivity contribution in [1.82, 2.24) is 43.6 Å². The molecule has 0 aliphatic heterocycles. The van der Waals surface area contributed by atoms with Crippen LogP contribution in [0.5, 0.6) is 34.5 Å². The number of isothiocyanates is 3. The third-order valence-electron chi connectivity index (χ3n) is 19.6. The van der Waals surface area contributed by atoms with Gasteiger partial charge in [0.15, 0.2) is 40.5 Å². The quantitative estimate of drug-likeness (QED) is 0.00556. The topological polar surface area (TPSA) is 449 Å². The number of thiocarbonyl (C=S) groups is 3. The number of phosphoric ester groups is 2. The van der Waals surface area contributed by atoms with Gasteiger partial charge in [-0.05, 0) is 197 Å². The molecule has 0 saturated carbocycles. The number of phenolic OH excluding ortho intramolecular Hbond substituents is 4. The highest BCUT2D eigenvalue weighted by molar-refractivity contribution is 7.78. The molecule has 12 aromatic rings. The lowest BCUT2D eigenvalue weighted by atomic mass is 10.1. The number of rotatable bonds is 43. The molecule has 0 unspecified atom stereocenters. The summed E-state index contributed by atoms with van der Waals surface area (Å²) in [4.78, 5) is 77.5. The molecule has 6 heterocycles. The molecule has 630 valence electrons. The van der Waals surface area contributed by atoms with Crippen LogP contribution in [-0.4, -0.2) is 158 Å². The molecule has 30 nitrogen and oxygen atoms in total. The van der Waals surface area contributed by atoms with Gasteiger partial charge in [0.25, 0.3) is 0 Å². The van der Waals surface area contributed by atoms with Gasteiger partial charge in [-0.15, -0.1) is 0 Å². The van der Waals surface area contributed by atoms with Crippen LogP contribution in [-0.2, 0) is 81.5 Å². The third-order valence-corrected chi connectivity index (χ3v) is 20.8. The lowest BCUT2D eigenvalue weighted by molar-refractivity contribution is 0.131. The molecular weight excluding hydrogens is 1620 g/mol. The summed E-state index contributed by atoms with van der Waals surface area (Å²) in [5.41, 5.74) is 30.4. The van der Waals surface area contributed by atoms with Crippen molar-refractivity contribution in [3.8, 4) is 34.5 Å². The second kappa shape index (κ2) is 44.7. The van der Waals surface area contributed by atoms with Gasteiger partial charge in [0.2, 0.25) is 0 Å². The number of imidazole rings is 3. The molecule has 119 heavy (non-hydrogen) atoms. The zero-order valence-electron chi connectivity index (χ0n) is 66.8. The molecule has 12 rings (SSSR count). The van der Waals surface area contributed by atoms with Crippen LogP contribution in [0.15, 0.2) is 124 Å². The van der Waals surface area contributed by atoms with Crippen molar-refractivity contribution >= 4 is 151 Å². The number of aryl methyl sites for hydroxylation is 6. The number of nitrogen functional groups attached to an aromatic ring is 3. The number of hydrogen-bond donors (Lipinski definition) is 11. The minimum absolute atomic E-state index is 0.106. The van der Waals surface area contributed by atoms with Gasteiger partial charge in [-0.25, -0.2) is 54.0 Å². The summed E-state index contributed by atoms with van der Waals surface area (Å²) in [5.74, 6) is 2.37. The van der Waals surface area contributed by atoms with Crippen LogP contribution < -0.4 is 26.2 Å². The summed E-state index contributed by atoms with van der Waals surface area (Å²) >= 11 is 13.7. The number of fused-ring (bicyclic) bond motifs is 9. The van der Waals surface area contributed by atoms with Gasteiger partial charge in [-0.3, -0.25) is 19.6 Å². The van der Waals surface area contributed by atoms with Crippen molar-refractivity contribution in [3.63, 3.8) is 0 Å². The maximum atomic E-state index is 11.7. The Morgan fingerprint density at radius 1 is 0.412 bits per heavy atom. The summed E-state index contributed by atoms with van der Waals surface area (Å²) in [6, 6.07) is 32.0. The van der Waals surface area contributed by atoms with Gasteiger partial charge in [-0.2, -0.15) is 0 Å². The van der Waals surface area contributed by atoms with E-state index in [1.807, 2.05) is 39.5 Å². The van der Waals surface area contributed by atoms with Gasteiger partial charge in [-0.1, -0.05) is 82.5 Å². The average molecular weight is 1720 g/mol. The lowest BCUT2D eigenvalue weighted by Crippen LogP contribution is -2.08. The molecule has 0 radical (unpaired) electrons. The van der Waals surface area contributed by atoms with E-state index < -0.39 is 15.6 Å². The van der Waals surface area contributed by atoms with E-state index >= 15 is 0 Å². The van der Waals surface area contributed by atoms with Crippen molar-refractivity contribution in [2.24, 2.45) is 15.0 Å². The summed E-state index contributed by atoms with van der Waals surface area (Å²) in [5, 5.41) is 51.5. The van der Waals surface area contributed by atoms with E-state index in [0.717, 1.165) is 175 Å². The lowest BCUT2D eigenvalue weighted by Gasteiger charge is -2.16. The van der Waals surface area contributed by atoms with E-state index in [4.69, 9.17) is 55.4 Å². The van der Waals surface area contributed by atoms with Crippen LogP contribution in [0.2, 0.25) is 0 Å². The van der Waals surface area contributed by atoms with E-state index in [-0.39, 0.29) is 47.6 Å². The van der Waals surface area contributed by atoms with Crippen LogP contribution in [0.1, 0.15) is 149 Å². The first-order valence-electron chi connectivity index (χ1n) is 39.6. The molecule has 0 spiro atoms. The van der Waals surface area contributed by atoms with Crippen LogP contribution in [0.25, 0.3) is 65.8 Å². The predicted molar refractivity (Wildman–Crippen MR) is 474 cm³/mol. The number of aromatic hydroxyl groups is 4. The van der Waals surface area contributed by atoms with Crippen LogP contribution in [0.3, 0.4) is 0 Å². The molecule has 0 atom stereocenters. The number of pyridine rings is 3. The zero-order valence-corrected chi connectivity index (χ0v) is 71.0. The number of para-hydroxylation sites is 2. The smallest absolute Gasteiger partial charge is 0.508 e. The van der Waals surface area contributed by atoms with Gasteiger partial charge in [0, 0.05) is 91.8 Å². The number of unbranched alkanes of at least 4 members (excludes halogenated alkanes) is 3. The van der Waals surface area contributed by atoms with Gasteiger partial charge in [0.05, 0.1) is 87.9 Å². The Bertz CT molecular complexity index is 5760. The Hall–Kier alpha value is -10.3. The third kappa shape index (κ3) is 25.4. The average Bonchev–Trinajstić information content (AvgIpc) is 1.63. The number of phenols is 4. The molecule has 0 aliphatic rings. The first kappa shape index (κ1) is 91.1. The molecular formula is C84H101N15O15P2S3. The van der Waals surface area contributed by atoms with Gasteiger partial charge >= 0.3 is 15.6 Å². The second-order valence-electron chi connectivity index (χ2n) is 28.4. The van der Waals surface area contributed by atoms with Gasteiger partial charge < -0.3 is 74.6 Å². The molecule has 0 saturated heterocycles. The van der Waals surface area contributed by atoms with E-state index in [9.17, 15) is 49.1 Å². The van der Waals surface area contributed by atoms with Crippen molar-refractivity contribution < 1.29 is 72.4 Å². The Labute approximate surface area is 704 Å². The fourth-order valence-electron chi connectivity index (χ4n) is 13.9. The highest BCUT2D eigenvalue weighted by Crippen LogP contribution is 2.46. The van der Waals surface area contributed by atoms with Crippen molar-refractivity contribution in [2.75, 3.05) is 76.5 Å². The van der Waals surface area contributed by atoms with Gasteiger partial charge in [0.1, 0.15) is 45.5 Å². The van der Waals surface area contributed by atoms with Crippen LogP contribution in [0, 0.1) is 0 Å². The largest absolute Gasteiger partial charge is 0.524 e. The van der Waals surface area contributed by atoms with E-state index in [1.54, 1.807) is 30.3 Å². The first-order valence-corrected chi connectivity index (χ1v) is 43.9. The second-order valence-corrected chi connectivity index (χ2v) is 31.3. The van der Waals surface area contributed by atoms with Crippen LogP contribution >= 0.6 is 52.3 Å². The van der Waals surface area contributed by atoms with Crippen molar-refractivity contribution in [1.29, 1.82) is 0 Å². The van der Waals surface area contributed by atoms with E-state index in [1.165, 1.54) is 29.8 Å². The molecule has 6 aromatic heterocycles. The normalized spacial score (nSPS) is 11.6. The molecule has 0 bridgehead atoms.